The van der Waals surface area contributed by atoms with Crippen LogP contribution in [0, 0.1) is 0 Å². The van der Waals surface area contributed by atoms with Crippen molar-refractivity contribution in [3.8, 4) is 0 Å². The number of nitrogens with one attached hydrogen (secondary N) is 1. The lowest BCUT2D eigenvalue weighted by Gasteiger charge is -2.27. The highest BCUT2D eigenvalue weighted by Crippen LogP contribution is 2.43. The predicted octanol–water partition coefficient (Wildman–Crippen LogP) is 19.8. The second-order valence-corrected chi connectivity index (χ2v) is 24.0. The van der Waals surface area contributed by atoms with E-state index < -0.39 is 20.0 Å². The fraction of sp³-hybridized carbons (Fsp3) is 0.761. The quantitative estimate of drug-likeness (QED) is 0.0205. The van der Waals surface area contributed by atoms with Gasteiger partial charge in [-0.1, -0.05) is 267 Å². The molecule has 1 amide bonds. The summed E-state index contributed by atoms with van der Waals surface area (Å²) >= 11 is 0. The first-order valence-corrected chi connectivity index (χ1v) is 33.4. The zero-order valence-electron chi connectivity index (χ0n) is 50.9. The second-order valence-electron chi connectivity index (χ2n) is 22.6. The largest absolute Gasteiger partial charge is 0.472 e. The Balaban J connectivity index is 5.34. The number of ether oxygens (including phenoxy) is 1. The van der Waals surface area contributed by atoms with E-state index in [1.54, 1.807) is 0 Å². The fourth-order valence-corrected chi connectivity index (χ4v) is 9.68. The molecule has 0 aromatic rings. The molecule has 3 unspecified atom stereocenters. The van der Waals surface area contributed by atoms with Crippen molar-refractivity contribution < 1.29 is 37.3 Å². The van der Waals surface area contributed by atoms with Crippen LogP contribution in [0.1, 0.15) is 278 Å². The third-order valence-electron chi connectivity index (χ3n) is 13.8. The molecule has 0 aromatic carbocycles. The number of carbonyl (C=O) groups excluding carboxylic acids is 2. The van der Waals surface area contributed by atoms with Crippen molar-refractivity contribution in [3.05, 3.63) is 85.1 Å². The maximum Gasteiger partial charge on any atom is 0.472 e. The van der Waals surface area contributed by atoms with Crippen LogP contribution in [-0.4, -0.2) is 74.3 Å². The number of quaternary nitrogens is 1. The number of phosphoric ester groups is 1. The van der Waals surface area contributed by atoms with Gasteiger partial charge in [-0.25, -0.2) is 4.57 Å². The molecular formula is C67H122N2O7P+. The zero-order valence-corrected chi connectivity index (χ0v) is 51.8. The van der Waals surface area contributed by atoms with E-state index in [0.717, 1.165) is 89.9 Å². The first-order valence-electron chi connectivity index (χ1n) is 31.9. The molecule has 0 rings (SSSR count). The molecule has 0 aliphatic rings. The summed E-state index contributed by atoms with van der Waals surface area (Å²) in [4.78, 5) is 37.7. The SMILES string of the molecule is CC/C=C\C/C=C\C/C=C\C/C=C\C/C=C\C/C=C\CCCCC(=O)NC(COP(=O)(O)OCC[N+](C)(C)C)C(/C=C/CCCCCCCCCCCCC)OC(=O)CCCCCCCCCCCCCCCCCCC. The van der Waals surface area contributed by atoms with Gasteiger partial charge >= 0.3 is 13.8 Å². The van der Waals surface area contributed by atoms with Crippen molar-refractivity contribution in [2.24, 2.45) is 0 Å². The summed E-state index contributed by atoms with van der Waals surface area (Å²) in [7, 11) is 1.46. The number of hydrogen-bond donors (Lipinski definition) is 2. The molecule has 0 aliphatic carbocycles. The molecule has 0 aliphatic heterocycles. The van der Waals surface area contributed by atoms with Gasteiger partial charge in [0.1, 0.15) is 19.3 Å². The Bertz CT molecular complexity index is 1590. The highest BCUT2D eigenvalue weighted by Gasteiger charge is 2.30. The first-order chi connectivity index (χ1) is 37.4. The van der Waals surface area contributed by atoms with E-state index in [0.29, 0.717) is 17.4 Å². The van der Waals surface area contributed by atoms with E-state index in [4.69, 9.17) is 13.8 Å². The smallest absolute Gasteiger partial charge is 0.456 e. The summed E-state index contributed by atoms with van der Waals surface area (Å²) < 4.78 is 30.7. The van der Waals surface area contributed by atoms with Gasteiger partial charge in [0.05, 0.1) is 33.8 Å². The van der Waals surface area contributed by atoms with Crippen LogP contribution in [0.15, 0.2) is 85.1 Å². The molecule has 10 heteroatoms. The summed E-state index contributed by atoms with van der Waals surface area (Å²) in [6, 6.07) is -0.874. The number of likely N-dealkylation sites (N-methyl/N-ethyl adjacent to an activating group) is 1. The van der Waals surface area contributed by atoms with Crippen LogP contribution in [0.4, 0.5) is 0 Å². The Morgan fingerprint density at radius 2 is 0.831 bits per heavy atom. The Labute approximate surface area is 476 Å². The summed E-state index contributed by atoms with van der Waals surface area (Å²) in [5.74, 6) is -0.551. The number of allylic oxidation sites excluding steroid dienone is 13. The maximum atomic E-state index is 13.5. The molecule has 9 nitrogen and oxygen atoms in total. The van der Waals surface area contributed by atoms with Crippen LogP contribution in [0.3, 0.4) is 0 Å². The van der Waals surface area contributed by atoms with Gasteiger partial charge in [0.15, 0.2) is 0 Å². The predicted molar refractivity (Wildman–Crippen MR) is 332 cm³/mol. The highest BCUT2D eigenvalue weighted by molar-refractivity contribution is 7.47. The molecule has 3 atom stereocenters. The zero-order chi connectivity index (χ0) is 56.4. The Hall–Kier alpha value is -2.81. The number of phosphoric acid groups is 1. The summed E-state index contributed by atoms with van der Waals surface area (Å²) in [6.07, 6.45) is 74.4. The number of carbonyl (C=O) groups is 2. The minimum atomic E-state index is -4.46. The van der Waals surface area contributed by atoms with Crippen LogP contribution >= 0.6 is 7.82 Å². The minimum Gasteiger partial charge on any atom is -0.456 e. The van der Waals surface area contributed by atoms with E-state index in [-0.39, 0.29) is 37.9 Å². The lowest BCUT2D eigenvalue weighted by Crippen LogP contribution is -2.47. The van der Waals surface area contributed by atoms with Crippen molar-refractivity contribution in [2.45, 2.75) is 290 Å². The highest BCUT2D eigenvalue weighted by atomic mass is 31.2. The normalized spacial score (nSPS) is 14.2. The first kappa shape index (κ1) is 74.2. The van der Waals surface area contributed by atoms with Gasteiger partial charge in [0, 0.05) is 12.8 Å². The van der Waals surface area contributed by atoms with Gasteiger partial charge in [0.2, 0.25) is 5.91 Å². The van der Waals surface area contributed by atoms with Crippen molar-refractivity contribution in [1.82, 2.24) is 5.32 Å². The van der Waals surface area contributed by atoms with Crippen molar-refractivity contribution >= 4 is 19.7 Å². The number of esters is 1. The Morgan fingerprint density at radius 3 is 1.26 bits per heavy atom. The number of rotatable bonds is 57. The molecule has 2 N–H and O–H groups in total. The monoisotopic (exact) mass is 1100 g/mol. The Morgan fingerprint density at radius 1 is 0.468 bits per heavy atom. The average Bonchev–Trinajstić information content (AvgIpc) is 3.39. The fourth-order valence-electron chi connectivity index (χ4n) is 8.94. The van der Waals surface area contributed by atoms with Crippen molar-refractivity contribution in [3.63, 3.8) is 0 Å². The minimum absolute atomic E-state index is 0.0295. The number of amides is 1. The summed E-state index contributed by atoms with van der Waals surface area (Å²) in [5, 5.41) is 3.04. The van der Waals surface area contributed by atoms with Crippen molar-refractivity contribution in [2.75, 3.05) is 40.9 Å². The molecular weight excluding hydrogens is 976 g/mol. The lowest BCUT2D eigenvalue weighted by atomic mass is 10.0. The standard InChI is InChI=1S/C67H121N2O7P/c1-7-10-13-16-19-22-25-28-30-32-33-34-35-37-38-41-44-47-50-53-56-59-66(70)68-64(63-75-77(72,73)74-62-61-69(4,5)6)65(58-55-52-49-46-43-40-27-24-21-18-15-12-9-3)76-67(71)60-57-54-51-48-45-42-39-36-31-29-26-23-20-17-14-11-8-2/h10,13,19,22,28,30,33-34,37-38,44,47,55,58,64-65H,7-9,11-12,14-18,20-21,23-27,29,31-32,35-36,39-43,45-46,48-54,56-57,59-63H2,1-6H3,(H-,68,70,72,73)/p+1/b13-10-,22-19-,30-28-,34-33-,38-37-,47-44-,58-55+. The van der Waals surface area contributed by atoms with Crippen LogP contribution in [0.2, 0.25) is 0 Å². The van der Waals surface area contributed by atoms with Crippen LogP contribution in [0.25, 0.3) is 0 Å². The molecule has 0 spiro atoms. The van der Waals surface area contributed by atoms with Gasteiger partial charge in [0.25, 0.3) is 0 Å². The molecule has 0 saturated heterocycles. The van der Waals surface area contributed by atoms with Crippen LogP contribution < -0.4 is 5.32 Å². The third kappa shape index (κ3) is 57.7. The molecule has 0 aromatic heterocycles. The van der Waals surface area contributed by atoms with Gasteiger partial charge in [-0.05, 0) is 83.1 Å². The molecule has 0 saturated carbocycles. The summed E-state index contributed by atoms with van der Waals surface area (Å²) in [5.41, 5.74) is 0. The van der Waals surface area contributed by atoms with E-state index in [1.807, 2.05) is 33.3 Å². The second kappa shape index (κ2) is 56.5. The van der Waals surface area contributed by atoms with E-state index in [1.165, 1.54) is 148 Å². The van der Waals surface area contributed by atoms with Crippen LogP contribution in [-0.2, 0) is 27.9 Å². The Kier molecular flexibility index (Phi) is 54.4. The van der Waals surface area contributed by atoms with E-state index in [9.17, 15) is 19.0 Å². The lowest BCUT2D eigenvalue weighted by molar-refractivity contribution is -0.870. The molecule has 0 bridgehead atoms. The van der Waals surface area contributed by atoms with Gasteiger partial charge in [-0.3, -0.25) is 18.6 Å². The van der Waals surface area contributed by atoms with Gasteiger partial charge < -0.3 is 19.4 Å². The molecule has 0 fully saturated rings. The molecule has 0 radical (unpaired) electrons. The van der Waals surface area contributed by atoms with E-state index >= 15 is 0 Å². The maximum absolute atomic E-state index is 13.5. The number of hydrogen-bond acceptors (Lipinski definition) is 6. The molecule has 77 heavy (non-hydrogen) atoms. The number of unbranched alkanes of at least 4 members (excludes halogenated alkanes) is 29. The van der Waals surface area contributed by atoms with Crippen molar-refractivity contribution in [1.29, 1.82) is 0 Å². The average molecular weight is 1100 g/mol. The van der Waals surface area contributed by atoms with Crippen LogP contribution in [0.5, 0.6) is 0 Å². The van der Waals surface area contributed by atoms with Gasteiger partial charge in [-0.2, -0.15) is 0 Å². The third-order valence-corrected chi connectivity index (χ3v) is 14.8. The topological polar surface area (TPSA) is 111 Å². The molecule has 446 valence electrons. The molecule has 0 heterocycles. The van der Waals surface area contributed by atoms with Gasteiger partial charge in [-0.15, -0.1) is 0 Å². The van der Waals surface area contributed by atoms with E-state index in [2.05, 4.69) is 99.0 Å². The number of nitrogens with zero attached hydrogens (tertiary/aromatic N) is 1. The summed E-state index contributed by atoms with van der Waals surface area (Å²) in [6.45, 7) is 6.88.